The van der Waals surface area contributed by atoms with Crippen LogP contribution in [0.4, 0.5) is 0 Å². The summed E-state index contributed by atoms with van der Waals surface area (Å²) >= 11 is 0. The Labute approximate surface area is 195 Å². The van der Waals surface area contributed by atoms with E-state index in [1.54, 1.807) is 7.11 Å². The molecular weight excluding hydrogens is 396 g/mol. The molecule has 3 heteroatoms. The minimum Gasteiger partial charge on any atom is -0.496 e. The Morgan fingerprint density at radius 1 is 0.844 bits per heavy atom. The smallest absolute Gasteiger partial charge is 0.308 e. The van der Waals surface area contributed by atoms with Crippen LogP contribution in [0, 0.1) is 13.8 Å². The molecule has 0 aromatic heterocycles. The van der Waals surface area contributed by atoms with Crippen molar-refractivity contribution >= 4 is 5.97 Å². The Kier molecular flexibility index (Phi) is 7.86. The summed E-state index contributed by atoms with van der Waals surface area (Å²) < 4.78 is 11.4. The molecule has 0 aliphatic rings. The zero-order valence-corrected chi connectivity index (χ0v) is 22.0. The summed E-state index contributed by atoms with van der Waals surface area (Å²) in [4.78, 5) is 11.7. The zero-order valence-electron chi connectivity index (χ0n) is 22.0. The van der Waals surface area contributed by atoms with E-state index >= 15 is 0 Å². The molecule has 3 nitrogen and oxygen atoms in total. The van der Waals surface area contributed by atoms with Crippen molar-refractivity contribution in [3.05, 3.63) is 57.6 Å². The van der Waals surface area contributed by atoms with Gasteiger partial charge in [-0.3, -0.25) is 4.79 Å². The molecule has 2 aromatic rings. The molecule has 0 heterocycles. The fourth-order valence-corrected chi connectivity index (χ4v) is 4.49. The summed E-state index contributed by atoms with van der Waals surface area (Å²) in [6.07, 6.45) is 2.13. The highest BCUT2D eigenvalue weighted by molar-refractivity contribution is 5.70. The van der Waals surface area contributed by atoms with Gasteiger partial charge in [-0.15, -0.1) is 0 Å². The van der Waals surface area contributed by atoms with Gasteiger partial charge in [0.05, 0.1) is 7.11 Å². The van der Waals surface area contributed by atoms with Crippen molar-refractivity contribution in [2.45, 2.75) is 98.8 Å². The van der Waals surface area contributed by atoms with Crippen molar-refractivity contribution in [2.24, 2.45) is 0 Å². The summed E-state index contributed by atoms with van der Waals surface area (Å²) in [5.74, 6) is 1.60. The normalized spacial score (nSPS) is 13.1. The van der Waals surface area contributed by atoms with Gasteiger partial charge in [-0.25, -0.2) is 0 Å². The molecule has 0 aliphatic carbocycles. The van der Waals surface area contributed by atoms with E-state index in [0.29, 0.717) is 5.75 Å². The monoisotopic (exact) mass is 438 g/mol. The molecule has 0 aliphatic heterocycles. The first-order valence-corrected chi connectivity index (χ1v) is 11.7. The maximum atomic E-state index is 11.7. The molecule has 0 amide bonds. The van der Waals surface area contributed by atoms with Crippen LogP contribution >= 0.6 is 0 Å². The zero-order chi connectivity index (χ0) is 24.4. The summed E-state index contributed by atoms with van der Waals surface area (Å²) in [6.45, 7) is 21.2. The largest absolute Gasteiger partial charge is 0.496 e. The van der Waals surface area contributed by atoms with E-state index in [1.165, 1.54) is 29.2 Å². The second-order valence-electron chi connectivity index (χ2n) is 11.0. The van der Waals surface area contributed by atoms with Gasteiger partial charge in [-0.1, -0.05) is 67.0 Å². The molecule has 176 valence electrons. The Balaban J connectivity index is 2.79. The highest BCUT2D eigenvalue weighted by Gasteiger charge is 2.27. The lowest BCUT2D eigenvalue weighted by molar-refractivity contribution is -0.131. The number of ether oxygens (including phenoxy) is 2. The van der Waals surface area contributed by atoms with Crippen molar-refractivity contribution in [2.75, 3.05) is 7.11 Å². The first-order chi connectivity index (χ1) is 14.7. The van der Waals surface area contributed by atoms with Gasteiger partial charge in [0.25, 0.3) is 0 Å². The minimum atomic E-state index is -0.284. The molecule has 32 heavy (non-hydrogen) atoms. The Morgan fingerprint density at radius 3 is 1.66 bits per heavy atom. The van der Waals surface area contributed by atoms with Gasteiger partial charge in [-0.05, 0) is 71.0 Å². The predicted molar refractivity (Wildman–Crippen MR) is 134 cm³/mol. The molecule has 0 saturated heterocycles. The summed E-state index contributed by atoms with van der Waals surface area (Å²) in [5.41, 5.74) is 7.18. The van der Waals surface area contributed by atoms with Crippen molar-refractivity contribution in [3.63, 3.8) is 0 Å². The van der Waals surface area contributed by atoms with E-state index in [1.807, 2.05) is 6.07 Å². The van der Waals surface area contributed by atoms with Crippen LogP contribution in [0.25, 0.3) is 0 Å². The summed E-state index contributed by atoms with van der Waals surface area (Å²) in [5, 5.41) is 0. The summed E-state index contributed by atoms with van der Waals surface area (Å²) in [7, 11) is 1.75. The molecule has 1 unspecified atom stereocenters. The van der Waals surface area contributed by atoms with Crippen molar-refractivity contribution < 1.29 is 14.3 Å². The Hall–Kier alpha value is -2.29. The highest BCUT2D eigenvalue weighted by Crippen LogP contribution is 2.43. The van der Waals surface area contributed by atoms with Crippen LogP contribution < -0.4 is 9.47 Å². The lowest BCUT2D eigenvalue weighted by Gasteiger charge is -2.30. The van der Waals surface area contributed by atoms with Gasteiger partial charge in [0.15, 0.2) is 0 Å². The standard InChI is InChI=1S/C29H42O3/c1-12-13-21(22-16-24(28(5,6)7)26(31-11)14-18(22)2)23-17-25(29(8,9)10)27(15-19(23)3)32-20(4)30/h14-17,21H,12-13H2,1-11H3. The Morgan fingerprint density at radius 2 is 1.28 bits per heavy atom. The minimum absolute atomic E-state index is 0.0185. The second kappa shape index (κ2) is 9.68. The van der Waals surface area contributed by atoms with Crippen LogP contribution in [0.2, 0.25) is 0 Å². The van der Waals surface area contributed by atoms with Crippen LogP contribution in [-0.4, -0.2) is 13.1 Å². The average molecular weight is 439 g/mol. The molecule has 0 saturated carbocycles. The predicted octanol–water partition coefficient (Wildman–Crippen LogP) is 7.76. The van der Waals surface area contributed by atoms with E-state index in [0.717, 1.165) is 29.7 Å². The number of aryl methyl sites for hydroxylation is 2. The third-order valence-corrected chi connectivity index (χ3v) is 6.15. The number of carbonyl (C=O) groups excluding carboxylic acids is 1. The fourth-order valence-electron chi connectivity index (χ4n) is 4.49. The number of carbonyl (C=O) groups is 1. The quantitative estimate of drug-likeness (QED) is 0.341. The van der Waals surface area contributed by atoms with Crippen molar-refractivity contribution in [1.82, 2.24) is 0 Å². The van der Waals surface area contributed by atoms with Gasteiger partial charge in [0.1, 0.15) is 11.5 Å². The third kappa shape index (κ3) is 5.74. The molecule has 2 rings (SSSR count). The van der Waals surface area contributed by atoms with Gasteiger partial charge in [-0.2, -0.15) is 0 Å². The molecule has 2 aromatic carbocycles. The molecule has 0 spiro atoms. The van der Waals surface area contributed by atoms with E-state index in [-0.39, 0.29) is 22.7 Å². The van der Waals surface area contributed by atoms with E-state index in [2.05, 4.69) is 80.5 Å². The highest BCUT2D eigenvalue weighted by atomic mass is 16.5. The van der Waals surface area contributed by atoms with Crippen LogP contribution in [0.3, 0.4) is 0 Å². The number of benzene rings is 2. The van der Waals surface area contributed by atoms with Crippen molar-refractivity contribution in [1.29, 1.82) is 0 Å². The number of methoxy groups -OCH3 is 1. The number of esters is 1. The Bertz CT molecular complexity index is 971. The van der Waals surface area contributed by atoms with E-state index < -0.39 is 0 Å². The number of hydrogen-bond donors (Lipinski definition) is 0. The second-order valence-corrected chi connectivity index (χ2v) is 11.0. The van der Waals surface area contributed by atoms with Crippen LogP contribution in [0.5, 0.6) is 11.5 Å². The molecular formula is C29H42O3. The van der Waals surface area contributed by atoms with E-state index in [4.69, 9.17) is 9.47 Å². The van der Waals surface area contributed by atoms with E-state index in [9.17, 15) is 4.79 Å². The summed E-state index contributed by atoms with van der Waals surface area (Å²) in [6, 6.07) is 8.86. The fraction of sp³-hybridized carbons (Fsp3) is 0.552. The lowest BCUT2D eigenvalue weighted by atomic mass is 9.76. The molecule has 0 bridgehead atoms. The first kappa shape index (κ1) is 26.0. The molecule has 0 fully saturated rings. The molecule has 1 atom stereocenters. The number of rotatable bonds is 6. The van der Waals surface area contributed by atoms with Gasteiger partial charge in [0.2, 0.25) is 0 Å². The lowest BCUT2D eigenvalue weighted by Crippen LogP contribution is -2.18. The van der Waals surface area contributed by atoms with Gasteiger partial charge in [0, 0.05) is 18.4 Å². The first-order valence-electron chi connectivity index (χ1n) is 11.7. The van der Waals surface area contributed by atoms with Crippen molar-refractivity contribution in [3.8, 4) is 11.5 Å². The van der Waals surface area contributed by atoms with Crippen LogP contribution in [-0.2, 0) is 15.6 Å². The average Bonchev–Trinajstić information content (AvgIpc) is 2.64. The van der Waals surface area contributed by atoms with Gasteiger partial charge >= 0.3 is 5.97 Å². The number of hydrogen-bond acceptors (Lipinski definition) is 3. The van der Waals surface area contributed by atoms with Crippen LogP contribution in [0.15, 0.2) is 24.3 Å². The maximum Gasteiger partial charge on any atom is 0.308 e. The molecule has 0 radical (unpaired) electrons. The molecule has 0 N–H and O–H groups in total. The van der Waals surface area contributed by atoms with Gasteiger partial charge < -0.3 is 9.47 Å². The van der Waals surface area contributed by atoms with Crippen LogP contribution in [0.1, 0.15) is 108 Å². The maximum absolute atomic E-state index is 11.7. The topological polar surface area (TPSA) is 35.5 Å². The third-order valence-electron chi connectivity index (χ3n) is 6.15. The SMILES string of the molecule is CCCC(c1cc(C(C)(C)C)c(OC)cc1C)c1cc(C(C)(C)C)c(OC(C)=O)cc1C.